The fourth-order valence-electron chi connectivity index (χ4n) is 3.45. The number of nitrogens with zero attached hydrogens (tertiary/aromatic N) is 4. The molecular weight excluding hydrogens is 320 g/mol. The average Bonchev–Trinajstić information content (AvgIpc) is 3.24. The fraction of sp³-hybridized carbons (Fsp3) is 0.389. The number of hydrogen-bond donors (Lipinski definition) is 0. The SMILES string of the molecule is COc1ccc2c(c1)cc(C)c1nn(CC(=O)N3CCCC3)c(=O)n12. The number of fused-ring (bicyclic) bond motifs is 3. The van der Waals surface area contributed by atoms with E-state index < -0.39 is 0 Å². The zero-order chi connectivity index (χ0) is 17.6. The molecule has 0 N–H and O–H groups in total. The third kappa shape index (κ3) is 2.56. The first-order valence-electron chi connectivity index (χ1n) is 8.43. The highest BCUT2D eigenvalue weighted by molar-refractivity contribution is 5.84. The van der Waals surface area contributed by atoms with Gasteiger partial charge in [-0.3, -0.25) is 4.79 Å². The highest BCUT2D eigenvalue weighted by Crippen LogP contribution is 2.23. The van der Waals surface area contributed by atoms with Crippen LogP contribution in [0.25, 0.3) is 16.6 Å². The van der Waals surface area contributed by atoms with Crippen LogP contribution in [-0.2, 0) is 11.3 Å². The van der Waals surface area contributed by atoms with Gasteiger partial charge >= 0.3 is 5.69 Å². The molecule has 1 amide bonds. The Hall–Kier alpha value is -2.83. The third-order valence-corrected chi connectivity index (χ3v) is 4.78. The van der Waals surface area contributed by atoms with Crippen LogP contribution >= 0.6 is 0 Å². The highest BCUT2D eigenvalue weighted by Gasteiger charge is 2.21. The minimum Gasteiger partial charge on any atom is -0.497 e. The summed E-state index contributed by atoms with van der Waals surface area (Å²) in [6.45, 7) is 3.43. The Morgan fingerprint density at radius 2 is 2.00 bits per heavy atom. The number of carbonyl (C=O) groups excluding carboxylic acids is 1. The number of benzene rings is 1. The van der Waals surface area contributed by atoms with Crippen LogP contribution in [-0.4, -0.2) is 45.2 Å². The van der Waals surface area contributed by atoms with Crippen molar-refractivity contribution in [1.29, 1.82) is 0 Å². The molecule has 0 bridgehead atoms. The third-order valence-electron chi connectivity index (χ3n) is 4.78. The van der Waals surface area contributed by atoms with E-state index in [0.29, 0.717) is 5.65 Å². The van der Waals surface area contributed by atoms with Crippen molar-refractivity contribution in [2.45, 2.75) is 26.3 Å². The first-order chi connectivity index (χ1) is 12.1. The average molecular weight is 340 g/mol. The normalized spacial score (nSPS) is 14.6. The molecule has 1 fully saturated rings. The molecule has 1 aromatic carbocycles. The number of likely N-dealkylation sites (tertiary alicyclic amines) is 1. The van der Waals surface area contributed by atoms with E-state index >= 15 is 0 Å². The number of rotatable bonds is 3. The molecule has 1 saturated heterocycles. The number of methoxy groups -OCH3 is 1. The molecule has 25 heavy (non-hydrogen) atoms. The van der Waals surface area contributed by atoms with Crippen molar-refractivity contribution in [3.63, 3.8) is 0 Å². The minimum atomic E-state index is -0.290. The molecule has 0 atom stereocenters. The molecule has 7 nitrogen and oxygen atoms in total. The molecule has 0 spiro atoms. The number of ether oxygens (including phenoxy) is 1. The molecule has 4 rings (SSSR count). The molecule has 0 radical (unpaired) electrons. The van der Waals surface area contributed by atoms with Gasteiger partial charge in [0, 0.05) is 18.5 Å². The zero-order valence-electron chi connectivity index (χ0n) is 14.4. The number of pyridine rings is 1. The topological polar surface area (TPSA) is 68.8 Å². The van der Waals surface area contributed by atoms with E-state index in [1.54, 1.807) is 16.4 Å². The highest BCUT2D eigenvalue weighted by atomic mass is 16.5. The zero-order valence-corrected chi connectivity index (χ0v) is 14.4. The van der Waals surface area contributed by atoms with Crippen molar-refractivity contribution in [1.82, 2.24) is 19.1 Å². The first kappa shape index (κ1) is 15.7. The van der Waals surface area contributed by atoms with Gasteiger partial charge in [0.25, 0.3) is 0 Å². The Morgan fingerprint density at radius 1 is 1.24 bits per heavy atom. The van der Waals surface area contributed by atoms with Crippen molar-refractivity contribution in [3.8, 4) is 5.75 Å². The van der Waals surface area contributed by atoms with Crippen LogP contribution in [0.1, 0.15) is 18.4 Å². The van der Waals surface area contributed by atoms with Gasteiger partial charge in [-0.2, -0.15) is 0 Å². The summed E-state index contributed by atoms with van der Waals surface area (Å²) in [5, 5.41) is 5.30. The summed E-state index contributed by atoms with van der Waals surface area (Å²) in [5.41, 5.74) is 1.93. The van der Waals surface area contributed by atoms with Crippen molar-refractivity contribution in [2.75, 3.05) is 20.2 Å². The van der Waals surface area contributed by atoms with E-state index in [1.165, 1.54) is 4.68 Å². The van der Waals surface area contributed by atoms with Crippen LogP contribution in [0.3, 0.4) is 0 Å². The number of aromatic nitrogens is 3. The van der Waals surface area contributed by atoms with Gasteiger partial charge in [0.05, 0.1) is 12.6 Å². The van der Waals surface area contributed by atoms with Gasteiger partial charge in [-0.05, 0) is 49.6 Å². The Kier molecular flexibility index (Phi) is 3.71. The van der Waals surface area contributed by atoms with Crippen LogP contribution in [0.5, 0.6) is 5.75 Å². The van der Waals surface area contributed by atoms with Gasteiger partial charge < -0.3 is 9.64 Å². The van der Waals surface area contributed by atoms with Gasteiger partial charge in [0.2, 0.25) is 5.91 Å². The lowest BCUT2D eigenvalue weighted by atomic mass is 10.1. The lowest BCUT2D eigenvalue weighted by Gasteiger charge is -2.14. The summed E-state index contributed by atoms with van der Waals surface area (Å²) in [6.07, 6.45) is 2.05. The first-order valence-corrected chi connectivity index (χ1v) is 8.43. The van der Waals surface area contributed by atoms with Crippen molar-refractivity contribution >= 4 is 22.5 Å². The predicted octanol–water partition coefficient (Wildman–Crippen LogP) is 1.59. The fourth-order valence-corrected chi connectivity index (χ4v) is 3.45. The second-order valence-corrected chi connectivity index (χ2v) is 6.44. The minimum absolute atomic E-state index is 0.0163. The molecular formula is C18H20N4O3. The lowest BCUT2D eigenvalue weighted by molar-refractivity contribution is -0.131. The Morgan fingerprint density at radius 3 is 2.72 bits per heavy atom. The van der Waals surface area contributed by atoms with Gasteiger partial charge in [-0.15, -0.1) is 5.10 Å². The van der Waals surface area contributed by atoms with E-state index in [4.69, 9.17) is 4.74 Å². The summed E-state index contributed by atoms with van der Waals surface area (Å²) in [5.74, 6) is 0.683. The molecule has 0 saturated carbocycles. The maximum Gasteiger partial charge on any atom is 0.351 e. The smallest absolute Gasteiger partial charge is 0.351 e. The summed E-state index contributed by atoms with van der Waals surface area (Å²) >= 11 is 0. The lowest BCUT2D eigenvalue weighted by Crippen LogP contribution is -2.34. The molecule has 1 aliphatic rings. The van der Waals surface area contributed by atoms with Crippen LogP contribution in [0, 0.1) is 6.92 Å². The Labute approximate surface area is 144 Å². The largest absolute Gasteiger partial charge is 0.497 e. The van der Waals surface area contributed by atoms with Crippen molar-refractivity contribution in [3.05, 3.63) is 40.3 Å². The molecule has 3 aromatic rings. The molecule has 1 aliphatic heterocycles. The molecule has 0 unspecified atom stereocenters. The predicted molar refractivity (Wildman–Crippen MR) is 94.1 cm³/mol. The summed E-state index contributed by atoms with van der Waals surface area (Å²) in [4.78, 5) is 27.0. The standard InChI is InChI=1S/C18H20N4O3/c1-12-9-13-10-14(25-2)5-6-15(13)22-17(12)19-21(18(22)24)11-16(23)20-7-3-4-8-20/h5-6,9-10H,3-4,7-8,11H2,1-2H3. The molecule has 3 heterocycles. The molecule has 7 heteroatoms. The monoisotopic (exact) mass is 340 g/mol. The van der Waals surface area contributed by atoms with E-state index in [1.807, 2.05) is 31.2 Å². The molecule has 0 aliphatic carbocycles. The van der Waals surface area contributed by atoms with Gasteiger partial charge in [0.1, 0.15) is 12.3 Å². The quantitative estimate of drug-likeness (QED) is 0.726. The number of carbonyl (C=O) groups is 1. The summed E-state index contributed by atoms with van der Waals surface area (Å²) < 4.78 is 8.10. The number of amides is 1. The second-order valence-electron chi connectivity index (χ2n) is 6.44. The van der Waals surface area contributed by atoms with Crippen LogP contribution in [0.4, 0.5) is 0 Å². The summed E-state index contributed by atoms with van der Waals surface area (Å²) in [7, 11) is 1.61. The van der Waals surface area contributed by atoms with Gasteiger partial charge in [-0.1, -0.05) is 0 Å². The maximum atomic E-state index is 12.9. The van der Waals surface area contributed by atoms with Gasteiger partial charge in [-0.25, -0.2) is 13.9 Å². The van der Waals surface area contributed by atoms with E-state index in [9.17, 15) is 9.59 Å². The van der Waals surface area contributed by atoms with Crippen LogP contribution in [0.2, 0.25) is 0 Å². The van der Waals surface area contributed by atoms with E-state index in [0.717, 1.165) is 48.1 Å². The van der Waals surface area contributed by atoms with Crippen LogP contribution < -0.4 is 10.4 Å². The van der Waals surface area contributed by atoms with E-state index in [2.05, 4.69) is 5.10 Å². The van der Waals surface area contributed by atoms with Gasteiger partial charge in [0.15, 0.2) is 5.65 Å². The molecule has 130 valence electrons. The number of aryl methyl sites for hydroxylation is 1. The van der Waals surface area contributed by atoms with Crippen molar-refractivity contribution < 1.29 is 9.53 Å². The second kappa shape index (κ2) is 5.91. The number of hydrogen-bond acceptors (Lipinski definition) is 4. The maximum absolute atomic E-state index is 12.9. The summed E-state index contributed by atoms with van der Waals surface area (Å²) in [6, 6.07) is 7.53. The van der Waals surface area contributed by atoms with Crippen LogP contribution in [0.15, 0.2) is 29.1 Å². The Bertz CT molecular complexity index is 1030. The molecule has 2 aromatic heterocycles. The van der Waals surface area contributed by atoms with E-state index in [-0.39, 0.29) is 18.1 Å². The Balaban J connectivity index is 1.83. The van der Waals surface area contributed by atoms with Crippen molar-refractivity contribution in [2.24, 2.45) is 0 Å².